The number of anilines is 1. The zero-order chi connectivity index (χ0) is 16.1. The Morgan fingerprint density at radius 1 is 1.18 bits per heavy atom. The van der Waals surface area contributed by atoms with Crippen molar-refractivity contribution in [2.45, 2.75) is 19.3 Å². The van der Waals surface area contributed by atoms with Crippen LogP contribution in [0.5, 0.6) is 0 Å². The molecule has 2 rings (SSSR count). The van der Waals surface area contributed by atoms with Gasteiger partial charge in [0.1, 0.15) is 0 Å². The van der Waals surface area contributed by atoms with Crippen LogP contribution < -0.4 is 5.32 Å². The highest BCUT2D eigenvalue weighted by atomic mass is 35.5. The Labute approximate surface area is 133 Å². The fourth-order valence-corrected chi connectivity index (χ4v) is 2.42. The smallest absolute Gasteiger partial charge is 0.311 e. The molecule has 22 heavy (non-hydrogen) atoms. The zero-order valence-corrected chi connectivity index (χ0v) is 12.8. The Hall–Kier alpha value is -2.33. The summed E-state index contributed by atoms with van der Waals surface area (Å²) in [6, 6.07) is 14.0. The molecule has 4 nitrogen and oxygen atoms in total. The quantitative estimate of drug-likeness (QED) is 0.880. The number of carbonyl (C=O) groups is 2. The number of benzene rings is 2. The van der Waals surface area contributed by atoms with Crippen LogP contribution in [0.3, 0.4) is 0 Å². The predicted octanol–water partition coefficient (Wildman–Crippen LogP) is 3.85. The zero-order valence-electron chi connectivity index (χ0n) is 12.0. The summed E-state index contributed by atoms with van der Waals surface area (Å²) in [5.41, 5.74) is 2.06. The molecule has 2 aromatic carbocycles. The molecule has 0 radical (unpaired) electrons. The third-order valence-corrected chi connectivity index (χ3v) is 3.60. The van der Waals surface area contributed by atoms with Gasteiger partial charge in [0.05, 0.1) is 16.6 Å². The van der Waals surface area contributed by atoms with Crippen LogP contribution >= 0.6 is 11.6 Å². The summed E-state index contributed by atoms with van der Waals surface area (Å²) in [5.74, 6) is -2.30. The molecule has 1 atom stereocenters. The number of carbonyl (C=O) groups excluding carboxylic acids is 1. The van der Waals surface area contributed by atoms with Crippen molar-refractivity contribution >= 4 is 29.2 Å². The van der Waals surface area contributed by atoms with Gasteiger partial charge in [-0.3, -0.25) is 9.59 Å². The number of halogens is 1. The van der Waals surface area contributed by atoms with Crippen molar-refractivity contribution < 1.29 is 14.7 Å². The monoisotopic (exact) mass is 317 g/mol. The van der Waals surface area contributed by atoms with E-state index < -0.39 is 11.9 Å². The lowest BCUT2D eigenvalue weighted by Gasteiger charge is -2.13. The average molecular weight is 318 g/mol. The molecule has 0 aliphatic heterocycles. The summed E-state index contributed by atoms with van der Waals surface area (Å²) in [6.07, 6.45) is -0.149. The van der Waals surface area contributed by atoms with Gasteiger partial charge in [-0.15, -0.1) is 0 Å². The second-order valence-electron chi connectivity index (χ2n) is 5.04. The van der Waals surface area contributed by atoms with Crippen LogP contribution in [0.2, 0.25) is 5.02 Å². The third kappa shape index (κ3) is 4.09. The topological polar surface area (TPSA) is 66.4 Å². The fourth-order valence-electron chi connectivity index (χ4n) is 2.14. The Bertz CT molecular complexity index is 686. The van der Waals surface area contributed by atoms with Crippen molar-refractivity contribution in [1.82, 2.24) is 0 Å². The molecular formula is C17H16ClNO3. The summed E-state index contributed by atoms with van der Waals surface area (Å²) in [4.78, 5) is 23.5. The standard InChI is InChI=1S/C17H16ClNO3/c1-11-7-8-15(14(18)9-11)19-16(20)10-13(17(21)22)12-5-3-2-4-6-12/h2-9,13H,10H2,1H3,(H,19,20)(H,21,22). The van der Waals surface area contributed by atoms with Crippen LogP contribution in [0.4, 0.5) is 5.69 Å². The number of nitrogens with one attached hydrogen (secondary N) is 1. The highest BCUT2D eigenvalue weighted by Crippen LogP contribution is 2.25. The highest BCUT2D eigenvalue weighted by molar-refractivity contribution is 6.33. The molecule has 1 unspecified atom stereocenters. The highest BCUT2D eigenvalue weighted by Gasteiger charge is 2.23. The van der Waals surface area contributed by atoms with Gasteiger partial charge in [-0.05, 0) is 30.2 Å². The number of hydrogen-bond acceptors (Lipinski definition) is 2. The molecule has 0 aliphatic carbocycles. The second-order valence-corrected chi connectivity index (χ2v) is 5.44. The SMILES string of the molecule is Cc1ccc(NC(=O)CC(C(=O)O)c2ccccc2)c(Cl)c1. The normalized spacial score (nSPS) is 11.7. The van der Waals surface area contributed by atoms with Crippen LogP contribution in [0.1, 0.15) is 23.5 Å². The van der Waals surface area contributed by atoms with Crippen molar-refractivity contribution in [3.8, 4) is 0 Å². The minimum Gasteiger partial charge on any atom is -0.481 e. The molecule has 0 saturated carbocycles. The van der Waals surface area contributed by atoms with Gasteiger partial charge in [0.25, 0.3) is 0 Å². The lowest BCUT2D eigenvalue weighted by molar-refractivity contribution is -0.140. The number of carboxylic acids is 1. The van der Waals surface area contributed by atoms with Crippen molar-refractivity contribution in [3.05, 3.63) is 64.7 Å². The minimum atomic E-state index is -1.03. The Morgan fingerprint density at radius 2 is 1.86 bits per heavy atom. The van der Waals surface area contributed by atoms with Crippen LogP contribution in [0.15, 0.2) is 48.5 Å². The maximum absolute atomic E-state index is 12.1. The summed E-state index contributed by atoms with van der Waals surface area (Å²) < 4.78 is 0. The molecule has 5 heteroatoms. The predicted molar refractivity (Wildman–Crippen MR) is 86.3 cm³/mol. The number of aryl methyl sites for hydroxylation is 1. The summed E-state index contributed by atoms with van der Waals surface area (Å²) in [6.45, 7) is 1.90. The molecule has 0 heterocycles. The van der Waals surface area contributed by atoms with E-state index in [0.29, 0.717) is 16.3 Å². The van der Waals surface area contributed by atoms with Crippen molar-refractivity contribution in [3.63, 3.8) is 0 Å². The van der Waals surface area contributed by atoms with Gasteiger partial charge in [0.15, 0.2) is 0 Å². The first-order valence-electron chi connectivity index (χ1n) is 6.81. The van der Waals surface area contributed by atoms with E-state index in [1.807, 2.05) is 13.0 Å². The fraction of sp³-hybridized carbons (Fsp3) is 0.176. The van der Waals surface area contributed by atoms with Crippen molar-refractivity contribution in [2.75, 3.05) is 5.32 Å². The molecule has 1 amide bonds. The molecular weight excluding hydrogens is 302 g/mol. The molecule has 0 spiro atoms. The molecule has 114 valence electrons. The minimum absolute atomic E-state index is 0.149. The Balaban J connectivity index is 2.10. The Morgan fingerprint density at radius 3 is 2.45 bits per heavy atom. The van der Waals surface area contributed by atoms with E-state index in [9.17, 15) is 14.7 Å². The van der Waals surface area contributed by atoms with Crippen LogP contribution in [0.25, 0.3) is 0 Å². The van der Waals surface area contributed by atoms with E-state index in [1.165, 1.54) is 0 Å². The molecule has 0 saturated heterocycles. The first-order valence-corrected chi connectivity index (χ1v) is 7.19. The molecule has 0 bridgehead atoms. The van der Waals surface area contributed by atoms with E-state index in [2.05, 4.69) is 5.32 Å². The first kappa shape index (κ1) is 16.0. The molecule has 0 fully saturated rings. The first-order chi connectivity index (χ1) is 10.5. The van der Waals surface area contributed by atoms with Gasteiger partial charge in [0.2, 0.25) is 5.91 Å². The van der Waals surface area contributed by atoms with E-state index >= 15 is 0 Å². The maximum atomic E-state index is 12.1. The van der Waals surface area contributed by atoms with Crippen LogP contribution in [0, 0.1) is 6.92 Å². The molecule has 0 aromatic heterocycles. The summed E-state index contributed by atoms with van der Waals surface area (Å²) in [5, 5.41) is 12.4. The number of carboxylic acid groups (broad SMARTS) is 1. The number of hydrogen-bond donors (Lipinski definition) is 2. The molecule has 2 aromatic rings. The summed E-state index contributed by atoms with van der Waals surface area (Å²) >= 11 is 6.06. The van der Waals surface area contributed by atoms with Crippen molar-refractivity contribution in [2.24, 2.45) is 0 Å². The van der Waals surface area contributed by atoms with E-state index in [1.54, 1.807) is 42.5 Å². The molecule has 2 N–H and O–H groups in total. The van der Waals surface area contributed by atoms with Gasteiger partial charge >= 0.3 is 5.97 Å². The van der Waals surface area contributed by atoms with E-state index in [4.69, 9.17) is 11.6 Å². The number of aliphatic carboxylic acids is 1. The maximum Gasteiger partial charge on any atom is 0.311 e. The lowest BCUT2D eigenvalue weighted by atomic mass is 9.95. The van der Waals surface area contributed by atoms with Crippen LogP contribution in [-0.2, 0) is 9.59 Å². The lowest BCUT2D eigenvalue weighted by Crippen LogP contribution is -2.21. The van der Waals surface area contributed by atoms with Gasteiger partial charge in [-0.2, -0.15) is 0 Å². The van der Waals surface area contributed by atoms with Crippen molar-refractivity contribution in [1.29, 1.82) is 0 Å². The van der Waals surface area contributed by atoms with Gasteiger partial charge in [-0.25, -0.2) is 0 Å². The molecule has 0 aliphatic rings. The largest absolute Gasteiger partial charge is 0.481 e. The van der Waals surface area contributed by atoms with E-state index in [0.717, 1.165) is 5.56 Å². The number of amides is 1. The van der Waals surface area contributed by atoms with E-state index in [-0.39, 0.29) is 12.3 Å². The number of rotatable bonds is 5. The average Bonchev–Trinajstić information content (AvgIpc) is 2.48. The second kappa shape index (κ2) is 7.09. The van der Waals surface area contributed by atoms with Gasteiger partial charge in [-0.1, -0.05) is 48.0 Å². The van der Waals surface area contributed by atoms with Gasteiger partial charge < -0.3 is 10.4 Å². The Kier molecular flexibility index (Phi) is 5.17. The van der Waals surface area contributed by atoms with Crippen LogP contribution in [-0.4, -0.2) is 17.0 Å². The van der Waals surface area contributed by atoms with Gasteiger partial charge in [0, 0.05) is 6.42 Å². The summed E-state index contributed by atoms with van der Waals surface area (Å²) in [7, 11) is 0. The third-order valence-electron chi connectivity index (χ3n) is 3.29.